The lowest BCUT2D eigenvalue weighted by atomic mass is 10.1. The van der Waals surface area contributed by atoms with Crippen LogP contribution in [0.15, 0.2) is 24.3 Å². The fourth-order valence-corrected chi connectivity index (χ4v) is 3.27. The minimum atomic E-state index is -0.0984. The van der Waals surface area contributed by atoms with Crippen LogP contribution in [0.2, 0.25) is 0 Å². The van der Waals surface area contributed by atoms with Crippen molar-refractivity contribution in [1.82, 2.24) is 5.32 Å². The highest BCUT2D eigenvalue weighted by Gasteiger charge is 2.09. The molecule has 0 aliphatic carbocycles. The Hall–Kier alpha value is -2.28. The van der Waals surface area contributed by atoms with Crippen molar-refractivity contribution in [2.75, 3.05) is 13.2 Å². The number of nitrogens with one attached hydrogen (secondary N) is 1. The van der Waals surface area contributed by atoms with Crippen LogP contribution in [0.4, 0.5) is 0 Å². The maximum atomic E-state index is 12.5. The van der Waals surface area contributed by atoms with Crippen molar-refractivity contribution in [3.05, 3.63) is 35.4 Å². The lowest BCUT2D eigenvalue weighted by Gasteiger charge is -2.08. The van der Waals surface area contributed by atoms with Gasteiger partial charge in [-0.15, -0.1) is 0 Å². The summed E-state index contributed by atoms with van der Waals surface area (Å²) in [6.45, 7) is 1.15. The average molecular weight is 384 g/mol. The van der Waals surface area contributed by atoms with Crippen LogP contribution >= 0.6 is 0 Å². The molecule has 0 radical (unpaired) electrons. The third-order valence-electron chi connectivity index (χ3n) is 4.95. The molecule has 1 amide bonds. The summed E-state index contributed by atoms with van der Waals surface area (Å²) in [6, 6.07) is 7.53. The summed E-state index contributed by atoms with van der Waals surface area (Å²) in [7, 11) is 0. The smallest absolute Gasteiger partial charge is 0.305 e. The number of rotatable bonds is 0. The molecule has 1 N–H and O–H groups in total. The van der Waals surface area contributed by atoms with E-state index in [1.54, 1.807) is 0 Å². The molecule has 0 atom stereocenters. The zero-order chi connectivity index (χ0) is 19.9. The number of carbonyl (C=O) groups is 2. The van der Waals surface area contributed by atoms with Gasteiger partial charge in [0, 0.05) is 24.9 Å². The number of cyclic esters (lactones) is 1. The number of carbonyl (C=O) groups excluding carboxylic acids is 2. The van der Waals surface area contributed by atoms with Crippen LogP contribution in [0.25, 0.3) is 0 Å². The zero-order valence-corrected chi connectivity index (χ0v) is 16.9. The first kappa shape index (κ1) is 22.0. The molecule has 0 saturated heterocycles. The van der Waals surface area contributed by atoms with E-state index in [0.29, 0.717) is 25.1 Å². The number of benzene rings is 1. The van der Waals surface area contributed by atoms with E-state index < -0.39 is 0 Å². The molecule has 1 aromatic rings. The molecule has 28 heavy (non-hydrogen) atoms. The minimum Gasteiger partial charge on any atom is -0.466 e. The van der Waals surface area contributed by atoms with Gasteiger partial charge in [0.05, 0.1) is 12.2 Å². The van der Waals surface area contributed by atoms with Gasteiger partial charge in [0.15, 0.2) is 0 Å². The first-order valence-corrected chi connectivity index (χ1v) is 10.8. The lowest BCUT2D eigenvalue weighted by molar-refractivity contribution is -0.143. The quantitative estimate of drug-likeness (QED) is 0.506. The summed E-state index contributed by atoms with van der Waals surface area (Å²) < 4.78 is 5.29. The second-order valence-corrected chi connectivity index (χ2v) is 7.36. The molecule has 1 aliphatic rings. The van der Waals surface area contributed by atoms with Crippen LogP contribution in [-0.2, 0) is 9.53 Å². The van der Waals surface area contributed by atoms with Gasteiger partial charge in [-0.3, -0.25) is 9.59 Å². The van der Waals surface area contributed by atoms with Crippen LogP contribution in [0.3, 0.4) is 0 Å². The molecule has 0 saturated carbocycles. The SMILES string of the molecule is O=C1CCCCCNC(=O)c2ccccc2C#CCCCCCCCCCO1. The summed E-state index contributed by atoms with van der Waals surface area (Å²) in [5.41, 5.74) is 1.44. The van der Waals surface area contributed by atoms with E-state index in [1.165, 1.54) is 25.7 Å². The molecule has 4 nitrogen and oxygen atoms in total. The third kappa shape index (κ3) is 9.08. The van der Waals surface area contributed by atoms with Crippen molar-refractivity contribution in [2.45, 2.75) is 77.0 Å². The van der Waals surface area contributed by atoms with Crippen molar-refractivity contribution in [1.29, 1.82) is 0 Å². The first-order valence-electron chi connectivity index (χ1n) is 10.8. The Labute approximate surface area is 169 Å². The molecule has 1 aromatic carbocycles. The second-order valence-electron chi connectivity index (χ2n) is 7.36. The molecule has 2 rings (SSSR count). The molecule has 0 fully saturated rings. The summed E-state index contributed by atoms with van der Waals surface area (Å²) in [5.74, 6) is 6.22. The Morgan fingerprint density at radius 3 is 2.39 bits per heavy atom. The summed E-state index contributed by atoms with van der Waals surface area (Å²) in [6.07, 6.45) is 11.9. The summed E-state index contributed by atoms with van der Waals surface area (Å²) in [4.78, 5) is 24.2. The fraction of sp³-hybridized carbons (Fsp3) is 0.583. The van der Waals surface area contributed by atoms with E-state index in [9.17, 15) is 9.59 Å². The third-order valence-corrected chi connectivity index (χ3v) is 4.95. The van der Waals surface area contributed by atoms with Crippen molar-refractivity contribution < 1.29 is 14.3 Å². The molecule has 152 valence electrons. The van der Waals surface area contributed by atoms with Gasteiger partial charge in [-0.05, 0) is 37.8 Å². The number of fused-ring (bicyclic) bond motifs is 1. The van der Waals surface area contributed by atoms with Crippen LogP contribution in [-0.4, -0.2) is 25.0 Å². The largest absolute Gasteiger partial charge is 0.466 e. The molecule has 0 spiro atoms. The van der Waals surface area contributed by atoms with Crippen LogP contribution in [0, 0.1) is 11.8 Å². The highest BCUT2D eigenvalue weighted by Crippen LogP contribution is 2.11. The molecule has 1 aliphatic heterocycles. The standard InChI is InChI=1S/C24H33NO3/c26-23-18-10-8-13-19-25-24(27)22-17-12-11-16-21(22)15-9-6-4-2-1-3-5-7-14-20-28-23/h11-12,16-17H,1-8,10,13-14,18-20H2,(H,25,27). The topological polar surface area (TPSA) is 55.4 Å². The van der Waals surface area contributed by atoms with E-state index in [4.69, 9.17) is 4.74 Å². The number of hydrogen-bond acceptors (Lipinski definition) is 3. The van der Waals surface area contributed by atoms with Gasteiger partial charge >= 0.3 is 5.97 Å². The van der Waals surface area contributed by atoms with E-state index in [0.717, 1.165) is 50.5 Å². The molecule has 0 bridgehead atoms. The summed E-state index contributed by atoms with van der Waals surface area (Å²) in [5, 5.41) is 2.96. The zero-order valence-electron chi connectivity index (χ0n) is 16.9. The van der Waals surface area contributed by atoms with Gasteiger partial charge in [-0.25, -0.2) is 0 Å². The fourth-order valence-electron chi connectivity index (χ4n) is 3.27. The van der Waals surface area contributed by atoms with Crippen LogP contribution in [0.5, 0.6) is 0 Å². The number of hydrogen-bond donors (Lipinski definition) is 1. The molecule has 4 heteroatoms. The van der Waals surface area contributed by atoms with Gasteiger partial charge in [-0.2, -0.15) is 0 Å². The lowest BCUT2D eigenvalue weighted by Crippen LogP contribution is -2.25. The van der Waals surface area contributed by atoms with E-state index >= 15 is 0 Å². The highest BCUT2D eigenvalue weighted by molar-refractivity contribution is 5.96. The maximum Gasteiger partial charge on any atom is 0.305 e. The normalized spacial score (nSPS) is 18.9. The van der Waals surface area contributed by atoms with Crippen molar-refractivity contribution >= 4 is 11.9 Å². The molecular weight excluding hydrogens is 350 g/mol. The molecular formula is C24H33NO3. The Kier molecular flexibility index (Phi) is 10.9. The van der Waals surface area contributed by atoms with Gasteiger partial charge in [0.25, 0.3) is 5.91 Å². The van der Waals surface area contributed by atoms with Gasteiger partial charge in [-0.1, -0.05) is 62.5 Å². The van der Waals surface area contributed by atoms with E-state index in [-0.39, 0.29) is 11.9 Å². The van der Waals surface area contributed by atoms with Crippen LogP contribution < -0.4 is 5.32 Å². The molecule has 0 aromatic heterocycles. The maximum absolute atomic E-state index is 12.5. The van der Waals surface area contributed by atoms with Gasteiger partial charge < -0.3 is 10.1 Å². The minimum absolute atomic E-state index is 0.0774. The van der Waals surface area contributed by atoms with Crippen LogP contribution in [0.1, 0.15) is 93.0 Å². The van der Waals surface area contributed by atoms with E-state index in [2.05, 4.69) is 17.2 Å². The molecule has 0 unspecified atom stereocenters. The first-order chi connectivity index (χ1) is 13.8. The Bertz CT molecular complexity index is 672. The highest BCUT2D eigenvalue weighted by atomic mass is 16.5. The monoisotopic (exact) mass is 383 g/mol. The second kappa shape index (κ2) is 13.8. The van der Waals surface area contributed by atoms with Crippen molar-refractivity contribution in [2.24, 2.45) is 0 Å². The van der Waals surface area contributed by atoms with Crippen molar-refractivity contribution in [3.8, 4) is 11.8 Å². The average Bonchev–Trinajstić information content (AvgIpc) is 2.70. The number of esters is 1. The Balaban J connectivity index is 1.89. The number of ether oxygens (including phenoxy) is 1. The van der Waals surface area contributed by atoms with Gasteiger partial charge in [0.2, 0.25) is 0 Å². The number of amides is 1. The Morgan fingerprint density at radius 2 is 1.54 bits per heavy atom. The summed E-state index contributed by atoms with van der Waals surface area (Å²) >= 11 is 0. The van der Waals surface area contributed by atoms with Crippen molar-refractivity contribution in [3.63, 3.8) is 0 Å². The predicted molar refractivity (Wildman–Crippen MR) is 112 cm³/mol. The molecule has 1 heterocycles. The van der Waals surface area contributed by atoms with Gasteiger partial charge in [0.1, 0.15) is 0 Å². The predicted octanol–water partition coefficient (Wildman–Crippen LogP) is 5.01. The Morgan fingerprint density at radius 1 is 0.821 bits per heavy atom. The van der Waals surface area contributed by atoms with E-state index in [1.807, 2.05) is 24.3 Å².